The van der Waals surface area contributed by atoms with Gasteiger partial charge in [0.2, 0.25) is 0 Å². The van der Waals surface area contributed by atoms with Gasteiger partial charge in [-0.25, -0.2) is 14.0 Å². The molecule has 2 aromatic rings. The van der Waals surface area contributed by atoms with Gasteiger partial charge in [0.05, 0.1) is 24.9 Å². The molecule has 2 heterocycles. The Morgan fingerprint density at radius 2 is 1.79 bits per heavy atom. The van der Waals surface area contributed by atoms with E-state index in [-0.39, 0.29) is 18.4 Å². The van der Waals surface area contributed by atoms with Crippen LogP contribution in [0.5, 0.6) is 0 Å². The number of aromatic nitrogens is 1. The van der Waals surface area contributed by atoms with E-state index in [2.05, 4.69) is 21.5 Å². The van der Waals surface area contributed by atoms with E-state index in [4.69, 9.17) is 0 Å². The molecular weight excluding hydrogens is 375 g/mol. The van der Waals surface area contributed by atoms with E-state index in [1.807, 2.05) is 0 Å². The van der Waals surface area contributed by atoms with Crippen LogP contribution in [0.3, 0.4) is 0 Å². The van der Waals surface area contributed by atoms with Gasteiger partial charge in [0.1, 0.15) is 5.82 Å². The first-order valence-corrected chi connectivity index (χ1v) is 9.59. The number of ether oxygens (including phenoxy) is 1. The van der Waals surface area contributed by atoms with Crippen LogP contribution in [0, 0.1) is 5.82 Å². The Balaban J connectivity index is 1.80. The summed E-state index contributed by atoms with van der Waals surface area (Å²) in [5, 5.41) is 0. The Labute approximate surface area is 169 Å². The Kier molecular flexibility index (Phi) is 6.77. The van der Waals surface area contributed by atoms with Crippen LogP contribution in [0.15, 0.2) is 42.6 Å². The van der Waals surface area contributed by atoms with E-state index in [1.165, 1.54) is 25.4 Å². The van der Waals surface area contributed by atoms with Crippen molar-refractivity contribution < 1.29 is 18.7 Å². The molecule has 1 saturated heterocycles. The zero-order chi connectivity index (χ0) is 20.8. The van der Waals surface area contributed by atoms with Crippen LogP contribution in [0.2, 0.25) is 0 Å². The Morgan fingerprint density at radius 3 is 2.34 bits per heavy atom. The van der Waals surface area contributed by atoms with Crippen molar-refractivity contribution in [1.82, 2.24) is 14.8 Å². The Morgan fingerprint density at radius 1 is 1.10 bits per heavy atom. The van der Waals surface area contributed by atoms with Gasteiger partial charge in [-0.2, -0.15) is 0 Å². The first-order chi connectivity index (χ1) is 14.0. The van der Waals surface area contributed by atoms with Gasteiger partial charge in [0.15, 0.2) is 0 Å². The molecule has 0 radical (unpaired) electrons. The molecule has 1 aliphatic rings. The summed E-state index contributed by atoms with van der Waals surface area (Å²) < 4.78 is 18.1. The summed E-state index contributed by atoms with van der Waals surface area (Å²) in [6.45, 7) is 6.20. The molecule has 1 aromatic heterocycles. The van der Waals surface area contributed by atoms with Crippen LogP contribution < -0.4 is 4.90 Å². The molecule has 1 fully saturated rings. The van der Waals surface area contributed by atoms with Crippen molar-refractivity contribution in [2.75, 3.05) is 44.7 Å². The number of carbonyl (C=O) groups is 2. The molecule has 0 spiro atoms. The maximum Gasteiger partial charge on any atom is 0.339 e. The summed E-state index contributed by atoms with van der Waals surface area (Å²) in [7, 11) is 1.31. The average Bonchev–Trinajstić information content (AvgIpc) is 2.77. The van der Waals surface area contributed by atoms with E-state index < -0.39 is 5.97 Å². The summed E-state index contributed by atoms with van der Waals surface area (Å²) in [6.07, 6.45) is 1.43. The van der Waals surface area contributed by atoms with Gasteiger partial charge in [-0.05, 0) is 42.9 Å². The summed E-state index contributed by atoms with van der Waals surface area (Å²) in [5.74, 6) is -0.831. The van der Waals surface area contributed by atoms with Crippen molar-refractivity contribution in [3.63, 3.8) is 0 Å². The van der Waals surface area contributed by atoms with Gasteiger partial charge in [-0.15, -0.1) is 0 Å². The quantitative estimate of drug-likeness (QED) is 0.722. The van der Waals surface area contributed by atoms with Crippen LogP contribution in [0.4, 0.5) is 14.9 Å². The second-order valence-corrected chi connectivity index (χ2v) is 6.80. The zero-order valence-corrected chi connectivity index (χ0v) is 16.7. The fourth-order valence-corrected chi connectivity index (χ4v) is 3.24. The van der Waals surface area contributed by atoms with E-state index in [1.54, 1.807) is 34.1 Å². The van der Waals surface area contributed by atoms with Crippen LogP contribution in [-0.4, -0.2) is 66.6 Å². The lowest BCUT2D eigenvalue weighted by Crippen LogP contribution is -2.52. The molecule has 0 bridgehead atoms. The number of likely N-dealkylation sites (N-methyl/N-ethyl adjacent to an activating group) is 1. The molecule has 154 valence electrons. The molecule has 0 atom stereocenters. The lowest BCUT2D eigenvalue weighted by Gasteiger charge is -2.37. The molecule has 8 heteroatoms. The predicted octanol–water partition coefficient (Wildman–Crippen LogP) is 2.77. The van der Waals surface area contributed by atoms with Crippen LogP contribution >= 0.6 is 0 Å². The second-order valence-electron chi connectivity index (χ2n) is 6.80. The number of rotatable bonds is 5. The van der Waals surface area contributed by atoms with Gasteiger partial charge in [-0.3, -0.25) is 9.88 Å². The summed E-state index contributed by atoms with van der Waals surface area (Å²) in [4.78, 5) is 34.8. The van der Waals surface area contributed by atoms with Gasteiger partial charge in [0, 0.05) is 38.1 Å². The molecule has 29 heavy (non-hydrogen) atoms. The maximum absolute atomic E-state index is 13.4. The molecule has 0 aliphatic carbocycles. The number of benzene rings is 1. The van der Waals surface area contributed by atoms with E-state index >= 15 is 0 Å². The summed E-state index contributed by atoms with van der Waals surface area (Å²) in [5.41, 5.74) is 1.54. The summed E-state index contributed by atoms with van der Waals surface area (Å²) >= 11 is 0. The second kappa shape index (κ2) is 9.47. The molecule has 1 aromatic carbocycles. The number of esters is 1. The van der Waals surface area contributed by atoms with Gasteiger partial charge >= 0.3 is 12.0 Å². The van der Waals surface area contributed by atoms with Crippen LogP contribution in [-0.2, 0) is 11.3 Å². The SMILES string of the molecule is CCN1CCN(C(=O)N(Cc2ccc(C(=O)OC)cn2)c2ccc(F)cc2)CC1. The molecule has 3 rings (SSSR count). The third kappa shape index (κ3) is 5.08. The van der Waals surface area contributed by atoms with Crippen molar-refractivity contribution in [3.8, 4) is 0 Å². The fourth-order valence-electron chi connectivity index (χ4n) is 3.24. The Bertz CT molecular complexity index is 834. The first kappa shape index (κ1) is 20.7. The smallest absolute Gasteiger partial charge is 0.339 e. The molecule has 1 aliphatic heterocycles. The number of amides is 2. The fraction of sp³-hybridized carbons (Fsp3) is 0.381. The van der Waals surface area contributed by atoms with Gasteiger partial charge < -0.3 is 14.5 Å². The molecule has 7 nitrogen and oxygen atoms in total. The third-order valence-corrected chi connectivity index (χ3v) is 5.03. The number of pyridine rings is 1. The molecule has 0 saturated carbocycles. The van der Waals surface area contributed by atoms with Crippen molar-refractivity contribution >= 4 is 17.7 Å². The van der Waals surface area contributed by atoms with E-state index in [9.17, 15) is 14.0 Å². The highest BCUT2D eigenvalue weighted by atomic mass is 19.1. The molecule has 0 unspecified atom stereocenters. The number of carbonyl (C=O) groups excluding carboxylic acids is 2. The standard InChI is InChI=1S/C21H25FN4O3/c1-3-24-10-12-25(13-11-24)21(28)26(19-8-5-17(22)6-9-19)15-18-7-4-16(14-23-18)20(27)29-2/h4-9,14H,3,10-13,15H2,1-2H3. The topological polar surface area (TPSA) is 66.0 Å². The van der Waals surface area contributed by atoms with E-state index in [0.29, 0.717) is 30.0 Å². The highest BCUT2D eigenvalue weighted by Crippen LogP contribution is 2.20. The van der Waals surface area contributed by atoms with Crippen LogP contribution in [0.1, 0.15) is 23.0 Å². The molecular formula is C21H25FN4O3. The van der Waals surface area contributed by atoms with Crippen LogP contribution in [0.25, 0.3) is 0 Å². The number of piperazine rings is 1. The number of anilines is 1. The monoisotopic (exact) mass is 400 g/mol. The predicted molar refractivity (Wildman–Crippen MR) is 107 cm³/mol. The number of methoxy groups -OCH3 is 1. The molecule has 0 N–H and O–H groups in total. The normalized spacial score (nSPS) is 14.5. The van der Waals surface area contributed by atoms with Crippen molar-refractivity contribution in [2.45, 2.75) is 13.5 Å². The number of hydrogen-bond donors (Lipinski definition) is 0. The number of urea groups is 1. The number of hydrogen-bond acceptors (Lipinski definition) is 5. The average molecular weight is 400 g/mol. The maximum atomic E-state index is 13.4. The minimum Gasteiger partial charge on any atom is -0.465 e. The highest BCUT2D eigenvalue weighted by molar-refractivity contribution is 5.92. The van der Waals surface area contributed by atoms with Crippen molar-refractivity contribution in [2.24, 2.45) is 0 Å². The highest BCUT2D eigenvalue weighted by Gasteiger charge is 2.26. The van der Waals surface area contributed by atoms with Crippen molar-refractivity contribution in [3.05, 3.63) is 59.7 Å². The minimum absolute atomic E-state index is 0.147. The molecule has 2 amide bonds. The largest absolute Gasteiger partial charge is 0.465 e. The summed E-state index contributed by atoms with van der Waals surface area (Å²) in [6, 6.07) is 8.98. The van der Waals surface area contributed by atoms with E-state index in [0.717, 1.165) is 19.6 Å². The Hall–Kier alpha value is -3.00. The number of halogens is 1. The van der Waals surface area contributed by atoms with Crippen molar-refractivity contribution in [1.29, 1.82) is 0 Å². The number of nitrogens with zero attached hydrogens (tertiary/aromatic N) is 4. The van der Waals surface area contributed by atoms with Gasteiger partial charge in [0.25, 0.3) is 0 Å². The lowest BCUT2D eigenvalue weighted by molar-refractivity contribution is 0.0600. The zero-order valence-electron chi connectivity index (χ0n) is 16.7. The first-order valence-electron chi connectivity index (χ1n) is 9.59. The lowest BCUT2D eigenvalue weighted by atomic mass is 10.2. The minimum atomic E-state index is -0.468. The third-order valence-electron chi connectivity index (χ3n) is 5.03. The van der Waals surface area contributed by atoms with Gasteiger partial charge in [-0.1, -0.05) is 6.92 Å².